The number of methoxy groups -OCH3 is 1. The van der Waals surface area contributed by atoms with Crippen LogP contribution in [0.3, 0.4) is 0 Å². The maximum atomic E-state index is 11.3. The minimum Gasteiger partial charge on any atom is -0.465 e. The number of esters is 1. The summed E-state index contributed by atoms with van der Waals surface area (Å²) in [5.41, 5.74) is 6.67. The van der Waals surface area contributed by atoms with Gasteiger partial charge < -0.3 is 10.5 Å². The smallest absolute Gasteiger partial charge is 0.338 e. The van der Waals surface area contributed by atoms with Crippen molar-refractivity contribution in [2.24, 2.45) is 17.1 Å². The first-order valence-corrected chi connectivity index (χ1v) is 6.27. The molecule has 4 heteroatoms. The zero-order chi connectivity index (χ0) is 11.9. The number of hydrogen-bond donors (Lipinski definition) is 1. The Hall–Kier alpha value is -0.870. The van der Waals surface area contributed by atoms with E-state index in [2.05, 4.69) is 13.8 Å². The Labute approximate surface area is 99.6 Å². The summed E-state index contributed by atoms with van der Waals surface area (Å²) in [6.07, 6.45) is 0. The Bertz CT molecular complexity index is 411. The predicted molar refractivity (Wildman–Crippen MR) is 64.7 cm³/mol. The lowest BCUT2D eigenvalue weighted by molar-refractivity contribution is 0.0601. The van der Waals surface area contributed by atoms with Gasteiger partial charge in [-0.05, 0) is 23.9 Å². The fraction of sp³-hybridized carbons (Fsp3) is 0.583. The normalized spacial score (nSPS) is 26.5. The lowest BCUT2D eigenvalue weighted by Gasteiger charge is -1.99. The van der Waals surface area contributed by atoms with E-state index in [0.717, 1.165) is 0 Å². The molecule has 88 valence electrons. The van der Waals surface area contributed by atoms with Crippen LogP contribution < -0.4 is 5.73 Å². The first-order chi connectivity index (χ1) is 7.52. The SMILES string of the molecule is COC(=O)c1csc([C@H]2[C@H](CN)C2(C)C)c1. The average molecular weight is 239 g/mol. The molecule has 2 rings (SSSR count). The fourth-order valence-corrected chi connectivity index (χ4v) is 3.73. The van der Waals surface area contributed by atoms with Gasteiger partial charge in [-0.3, -0.25) is 0 Å². The summed E-state index contributed by atoms with van der Waals surface area (Å²) in [6, 6.07) is 1.94. The van der Waals surface area contributed by atoms with Gasteiger partial charge in [-0.25, -0.2) is 4.79 Å². The van der Waals surface area contributed by atoms with Crippen molar-refractivity contribution in [3.8, 4) is 0 Å². The predicted octanol–water partition coefficient (Wildman–Crippen LogP) is 2.23. The summed E-state index contributed by atoms with van der Waals surface area (Å²) in [4.78, 5) is 12.6. The molecule has 1 aliphatic rings. The van der Waals surface area contributed by atoms with E-state index in [0.29, 0.717) is 23.9 Å². The van der Waals surface area contributed by atoms with Crippen LogP contribution in [0.2, 0.25) is 0 Å². The molecule has 1 fully saturated rings. The molecule has 3 nitrogen and oxygen atoms in total. The van der Waals surface area contributed by atoms with E-state index in [1.807, 2.05) is 11.4 Å². The van der Waals surface area contributed by atoms with Crippen molar-refractivity contribution in [2.45, 2.75) is 19.8 Å². The zero-order valence-corrected chi connectivity index (χ0v) is 10.6. The van der Waals surface area contributed by atoms with Crippen LogP contribution in [0.5, 0.6) is 0 Å². The molecule has 2 N–H and O–H groups in total. The van der Waals surface area contributed by atoms with Crippen molar-refractivity contribution in [3.63, 3.8) is 0 Å². The van der Waals surface area contributed by atoms with E-state index < -0.39 is 0 Å². The molecule has 0 radical (unpaired) electrons. The van der Waals surface area contributed by atoms with Gasteiger partial charge in [0, 0.05) is 16.2 Å². The molecule has 0 aliphatic heterocycles. The largest absolute Gasteiger partial charge is 0.465 e. The van der Waals surface area contributed by atoms with Crippen molar-refractivity contribution in [1.29, 1.82) is 0 Å². The molecular weight excluding hydrogens is 222 g/mol. The third kappa shape index (κ3) is 1.66. The van der Waals surface area contributed by atoms with E-state index in [1.165, 1.54) is 12.0 Å². The van der Waals surface area contributed by atoms with Crippen LogP contribution in [0.4, 0.5) is 0 Å². The Kier molecular flexibility index (Phi) is 2.80. The van der Waals surface area contributed by atoms with Gasteiger partial charge in [-0.2, -0.15) is 0 Å². The van der Waals surface area contributed by atoms with Crippen LogP contribution in [0.15, 0.2) is 11.4 Å². The Morgan fingerprint density at radius 3 is 2.81 bits per heavy atom. The van der Waals surface area contributed by atoms with E-state index in [9.17, 15) is 4.79 Å². The average Bonchev–Trinajstić information content (AvgIpc) is 2.67. The molecule has 2 atom stereocenters. The molecule has 1 aromatic heterocycles. The minimum absolute atomic E-state index is 0.259. The molecule has 0 bridgehead atoms. The highest BCUT2D eigenvalue weighted by atomic mass is 32.1. The maximum absolute atomic E-state index is 11.3. The second-order valence-electron chi connectivity index (χ2n) is 4.87. The van der Waals surface area contributed by atoms with Gasteiger partial charge in [0.2, 0.25) is 0 Å². The third-order valence-corrected chi connectivity index (χ3v) is 4.67. The van der Waals surface area contributed by atoms with Gasteiger partial charge in [0.1, 0.15) is 0 Å². The van der Waals surface area contributed by atoms with Crippen molar-refractivity contribution >= 4 is 17.3 Å². The highest BCUT2D eigenvalue weighted by molar-refractivity contribution is 7.10. The molecule has 1 aromatic rings. The summed E-state index contributed by atoms with van der Waals surface area (Å²) in [5, 5.41) is 1.86. The quantitative estimate of drug-likeness (QED) is 0.823. The third-order valence-electron chi connectivity index (χ3n) is 3.65. The van der Waals surface area contributed by atoms with Gasteiger partial charge >= 0.3 is 5.97 Å². The number of ether oxygens (including phenoxy) is 1. The number of thiophene rings is 1. The van der Waals surface area contributed by atoms with Crippen LogP contribution >= 0.6 is 11.3 Å². The van der Waals surface area contributed by atoms with Gasteiger partial charge in [0.05, 0.1) is 12.7 Å². The van der Waals surface area contributed by atoms with E-state index in [4.69, 9.17) is 10.5 Å². The summed E-state index contributed by atoms with van der Waals surface area (Å²) < 4.78 is 4.70. The van der Waals surface area contributed by atoms with Gasteiger partial charge in [0.25, 0.3) is 0 Å². The second-order valence-corrected chi connectivity index (χ2v) is 5.81. The lowest BCUT2D eigenvalue weighted by atomic mass is 10.1. The van der Waals surface area contributed by atoms with Crippen molar-refractivity contribution in [1.82, 2.24) is 0 Å². The fourth-order valence-electron chi connectivity index (χ4n) is 2.49. The van der Waals surface area contributed by atoms with E-state index in [-0.39, 0.29) is 11.4 Å². The van der Waals surface area contributed by atoms with E-state index >= 15 is 0 Å². The molecule has 0 spiro atoms. The highest BCUT2D eigenvalue weighted by Crippen LogP contribution is 2.64. The Morgan fingerprint density at radius 2 is 2.31 bits per heavy atom. The van der Waals surface area contributed by atoms with Crippen LogP contribution in [-0.4, -0.2) is 19.6 Å². The molecule has 1 saturated carbocycles. The molecule has 0 saturated heterocycles. The Morgan fingerprint density at radius 1 is 1.62 bits per heavy atom. The van der Waals surface area contributed by atoms with Gasteiger partial charge in [-0.15, -0.1) is 11.3 Å². The monoisotopic (exact) mass is 239 g/mol. The molecule has 16 heavy (non-hydrogen) atoms. The van der Waals surface area contributed by atoms with Crippen LogP contribution in [0.1, 0.15) is 35.0 Å². The number of carbonyl (C=O) groups is 1. The zero-order valence-electron chi connectivity index (χ0n) is 9.82. The highest BCUT2D eigenvalue weighted by Gasteiger charge is 2.57. The summed E-state index contributed by atoms with van der Waals surface area (Å²) in [7, 11) is 1.41. The molecule has 0 amide bonds. The molecule has 0 unspecified atom stereocenters. The van der Waals surface area contributed by atoms with E-state index in [1.54, 1.807) is 11.3 Å². The summed E-state index contributed by atoms with van der Waals surface area (Å²) in [5.74, 6) is 0.780. The molecule has 1 aliphatic carbocycles. The number of carbonyl (C=O) groups excluding carboxylic acids is 1. The maximum Gasteiger partial charge on any atom is 0.338 e. The first kappa shape index (κ1) is 11.6. The topological polar surface area (TPSA) is 52.3 Å². The van der Waals surface area contributed by atoms with Crippen molar-refractivity contribution in [2.75, 3.05) is 13.7 Å². The standard InChI is InChI=1S/C12H17NO2S/c1-12(2)8(5-13)10(12)9-4-7(6-16-9)11(14)15-3/h4,6,8,10H,5,13H2,1-3H3/t8-,10+/m0/s1. The first-order valence-electron chi connectivity index (χ1n) is 5.39. The van der Waals surface area contributed by atoms with Gasteiger partial charge in [-0.1, -0.05) is 13.8 Å². The summed E-state index contributed by atoms with van der Waals surface area (Å²) in [6.45, 7) is 5.17. The van der Waals surface area contributed by atoms with Crippen molar-refractivity contribution in [3.05, 3.63) is 21.9 Å². The number of rotatable bonds is 3. The van der Waals surface area contributed by atoms with Crippen LogP contribution in [-0.2, 0) is 4.74 Å². The van der Waals surface area contributed by atoms with Crippen molar-refractivity contribution < 1.29 is 9.53 Å². The number of hydrogen-bond acceptors (Lipinski definition) is 4. The summed E-state index contributed by atoms with van der Waals surface area (Å²) >= 11 is 1.63. The molecule has 1 heterocycles. The Balaban J connectivity index is 2.18. The minimum atomic E-state index is -0.259. The second kappa shape index (κ2) is 3.86. The van der Waals surface area contributed by atoms with Crippen LogP contribution in [0.25, 0.3) is 0 Å². The number of nitrogens with two attached hydrogens (primary N) is 1. The lowest BCUT2D eigenvalue weighted by Crippen LogP contribution is -2.05. The van der Waals surface area contributed by atoms with Crippen LogP contribution in [0, 0.1) is 11.3 Å². The molecule has 0 aromatic carbocycles. The van der Waals surface area contributed by atoms with Gasteiger partial charge in [0.15, 0.2) is 0 Å². The molecular formula is C12H17NO2S.